The van der Waals surface area contributed by atoms with E-state index in [-0.39, 0.29) is 32.0 Å². The molecule has 152 valence electrons. The largest absolute Gasteiger partial charge is 0.480 e. The van der Waals surface area contributed by atoms with E-state index >= 15 is 0 Å². The number of benzene rings is 1. The second-order valence-corrected chi connectivity index (χ2v) is 6.58. The minimum atomic E-state index is -1.78. The van der Waals surface area contributed by atoms with Crippen molar-refractivity contribution in [1.29, 1.82) is 0 Å². The number of carbonyl (C=O) groups is 3. The van der Waals surface area contributed by atoms with Crippen LogP contribution in [0.25, 0.3) is 0 Å². The third-order valence-corrected chi connectivity index (χ3v) is 4.77. The molecule has 0 radical (unpaired) electrons. The van der Waals surface area contributed by atoms with Crippen LogP contribution in [0.2, 0.25) is 0 Å². The molecule has 2 fully saturated rings. The smallest absolute Gasteiger partial charge is 0.408 e. The van der Waals surface area contributed by atoms with E-state index in [0.29, 0.717) is 6.07 Å². The SMILES string of the molecule is O=C(O)CN1C(=O)C2(COCCOC2)N(C(=O)O)CC1c1cc(F)cc(F)c1. The molecule has 2 saturated heterocycles. The van der Waals surface area contributed by atoms with Crippen molar-refractivity contribution in [2.24, 2.45) is 0 Å². The fourth-order valence-corrected chi connectivity index (χ4v) is 3.53. The highest BCUT2D eigenvalue weighted by Gasteiger charge is 2.56. The zero-order valence-electron chi connectivity index (χ0n) is 14.6. The van der Waals surface area contributed by atoms with Crippen LogP contribution >= 0.6 is 0 Å². The molecule has 1 aromatic carbocycles. The highest BCUT2D eigenvalue weighted by atomic mass is 19.1. The highest BCUT2D eigenvalue weighted by Crippen LogP contribution is 2.36. The van der Waals surface area contributed by atoms with Gasteiger partial charge in [-0.05, 0) is 17.7 Å². The quantitative estimate of drug-likeness (QED) is 0.767. The molecule has 9 nitrogen and oxygen atoms in total. The number of hydrogen-bond acceptors (Lipinski definition) is 5. The Balaban J connectivity index is 2.09. The number of amides is 2. The van der Waals surface area contributed by atoms with Crippen molar-refractivity contribution in [3.05, 3.63) is 35.4 Å². The minimum absolute atomic E-state index is 0.0522. The van der Waals surface area contributed by atoms with Gasteiger partial charge in [0.2, 0.25) is 0 Å². The first-order valence-corrected chi connectivity index (χ1v) is 8.39. The average Bonchev–Trinajstić information content (AvgIpc) is 2.84. The van der Waals surface area contributed by atoms with Gasteiger partial charge in [0.05, 0.1) is 32.5 Å². The molecule has 0 bridgehead atoms. The fraction of sp³-hybridized carbons (Fsp3) is 0.471. The molecule has 28 heavy (non-hydrogen) atoms. The molecular weight excluding hydrogens is 382 g/mol. The summed E-state index contributed by atoms with van der Waals surface area (Å²) in [6, 6.07) is 1.31. The molecule has 1 atom stereocenters. The molecule has 2 N–H and O–H groups in total. The summed E-state index contributed by atoms with van der Waals surface area (Å²) in [5, 5.41) is 18.9. The lowest BCUT2D eigenvalue weighted by Crippen LogP contribution is -2.71. The van der Waals surface area contributed by atoms with Gasteiger partial charge in [-0.25, -0.2) is 13.6 Å². The van der Waals surface area contributed by atoms with Crippen molar-refractivity contribution in [3.63, 3.8) is 0 Å². The van der Waals surface area contributed by atoms with Gasteiger partial charge in [-0.15, -0.1) is 0 Å². The van der Waals surface area contributed by atoms with E-state index in [4.69, 9.17) is 9.47 Å². The standard InChI is InChI=1S/C17H18F2N2O7/c18-11-3-10(4-12(19)5-11)13-6-21(16(25)26)17(8-27-1-2-28-9-17)15(24)20(13)7-14(22)23/h3-5,13H,1-2,6-9H2,(H,22,23)(H,25,26). The van der Waals surface area contributed by atoms with Gasteiger partial charge in [0, 0.05) is 12.6 Å². The van der Waals surface area contributed by atoms with Crippen LogP contribution in [0.15, 0.2) is 18.2 Å². The van der Waals surface area contributed by atoms with E-state index in [9.17, 15) is 33.4 Å². The molecule has 2 aliphatic rings. The van der Waals surface area contributed by atoms with Crippen LogP contribution in [0.1, 0.15) is 11.6 Å². The first-order chi connectivity index (χ1) is 13.2. The van der Waals surface area contributed by atoms with E-state index in [1.165, 1.54) is 0 Å². The van der Waals surface area contributed by atoms with Crippen molar-refractivity contribution < 1.29 is 42.9 Å². The summed E-state index contributed by atoms with van der Waals surface area (Å²) in [5.41, 5.74) is -1.83. The number of ether oxygens (including phenoxy) is 2. The Labute approximate surface area is 158 Å². The van der Waals surface area contributed by atoms with Gasteiger partial charge in [0.1, 0.15) is 18.2 Å². The number of halogens is 2. The van der Waals surface area contributed by atoms with E-state index in [1.54, 1.807) is 0 Å². The average molecular weight is 400 g/mol. The predicted octanol–water partition coefficient (Wildman–Crippen LogP) is 0.698. The van der Waals surface area contributed by atoms with Crippen molar-refractivity contribution in [2.45, 2.75) is 11.6 Å². The van der Waals surface area contributed by atoms with Gasteiger partial charge in [-0.1, -0.05) is 0 Å². The van der Waals surface area contributed by atoms with Crippen LogP contribution < -0.4 is 0 Å². The minimum Gasteiger partial charge on any atom is -0.480 e. The topological polar surface area (TPSA) is 117 Å². The van der Waals surface area contributed by atoms with E-state index in [0.717, 1.165) is 21.9 Å². The Bertz CT molecular complexity index is 775. The lowest BCUT2D eigenvalue weighted by molar-refractivity contribution is -0.166. The molecule has 0 saturated carbocycles. The lowest BCUT2D eigenvalue weighted by Gasteiger charge is -2.50. The zero-order valence-corrected chi connectivity index (χ0v) is 14.6. The van der Waals surface area contributed by atoms with Gasteiger partial charge in [0.25, 0.3) is 5.91 Å². The third-order valence-electron chi connectivity index (χ3n) is 4.77. The normalized spacial score (nSPS) is 22.2. The number of carbonyl (C=O) groups excluding carboxylic acids is 1. The predicted molar refractivity (Wildman–Crippen MR) is 87.5 cm³/mol. The van der Waals surface area contributed by atoms with Crippen molar-refractivity contribution >= 4 is 18.0 Å². The number of piperazine rings is 1. The van der Waals surface area contributed by atoms with Crippen molar-refractivity contribution in [3.8, 4) is 0 Å². The fourth-order valence-electron chi connectivity index (χ4n) is 3.53. The second-order valence-electron chi connectivity index (χ2n) is 6.58. The first kappa shape index (κ1) is 20.0. The molecular formula is C17H18F2N2O7. The molecule has 3 rings (SSSR count). The van der Waals surface area contributed by atoms with Gasteiger partial charge >= 0.3 is 12.1 Å². The summed E-state index contributed by atoms with van der Waals surface area (Å²) in [5.74, 6) is -4.08. The number of nitrogens with zero attached hydrogens (tertiary/aromatic N) is 2. The van der Waals surface area contributed by atoms with E-state index in [1.807, 2.05) is 0 Å². The summed E-state index contributed by atoms with van der Waals surface area (Å²) >= 11 is 0. The summed E-state index contributed by atoms with van der Waals surface area (Å²) in [6.45, 7) is -1.54. The third kappa shape index (κ3) is 3.62. The lowest BCUT2D eigenvalue weighted by atomic mass is 9.89. The molecule has 0 aromatic heterocycles. The van der Waals surface area contributed by atoms with Gasteiger partial charge in [-0.2, -0.15) is 0 Å². The number of carboxylic acid groups (broad SMARTS) is 2. The molecule has 2 heterocycles. The maximum atomic E-state index is 13.7. The van der Waals surface area contributed by atoms with Gasteiger partial charge in [-0.3, -0.25) is 14.5 Å². The Morgan fingerprint density at radius 2 is 1.68 bits per heavy atom. The summed E-state index contributed by atoms with van der Waals surface area (Å²) < 4.78 is 38.0. The van der Waals surface area contributed by atoms with Crippen molar-refractivity contribution in [1.82, 2.24) is 9.80 Å². The maximum absolute atomic E-state index is 13.7. The summed E-state index contributed by atoms with van der Waals surface area (Å²) in [6.07, 6.45) is -1.46. The Hall–Kier alpha value is -2.79. The zero-order chi connectivity index (χ0) is 20.5. The van der Waals surface area contributed by atoms with Gasteiger partial charge < -0.3 is 24.6 Å². The van der Waals surface area contributed by atoms with Crippen LogP contribution in [0.4, 0.5) is 13.6 Å². The summed E-state index contributed by atoms with van der Waals surface area (Å²) in [7, 11) is 0. The van der Waals surface area contributed by atoms with Gasteiger partial charge in [0.15, 0.2) is 5.54 Å². The van der Waals surface area contributed by atoms with Crippen LogP contribution in [0.5, 0.6) is 0 Å². The Kier molecular flexibility index (Phi) is 5.47. The Morgan fingerprint density at radius 1 is 1.11 bits per heavy atom. The maximum Gasteiger partial charge on any atom is 0.408 e. The Morgan fingerprint density at radius 3 is 2.18 bits per heavy atom. The number of aliphatic carboxylic acids is 1. The van der Waals surface area contributed by atoms with Crippen LogP contribution in [-0.4, -0.2) is 83.0 Å². The number of hydrogen-bond donors (Lipinski definition) is 2. The molecule has 1 aromatic rings. The van der Waals surface area contributed by atoms with E-state index in [2.05, 4.69) is 0 Å². The molecule has 11 heteroatoms. The summed E-state index contributed by atoms with van der Waals surface area (Å²) in [4.78, 5) is 38.2. The first-order valence-electron chi connectivity index (χ1n) is 8.39. The highest BCUT2D eigenvalue weighted by molar-refractivity contribution is 5.93. The van der Waals surface area contributed by atoms with E-state index < -0.39 is 54.3 Å². The van der Waals surface area contributed by atoms with Crippen molar-refractivity contribution in [2.75, 3.05) is 39.5 Å². The molecule has 1 spiro atoms. The number of rotatable bonds is 3. The second kappa shape index (κ2) is 7.68. The molecule has 0 aliphatic carbocycles. The molecule has 2 aliphatic heterocycles. The van der Waals surface area contributed by atoms with Crippen LogP contribution in [0.3, 0.4) is 0 Å². The van der Waals surface area contributed by atoms with Crippen LogP contribution in [0, 0.1) is 11.6 Å². The monoisotopic (exact) mass is 400 g/mol. The van der Waals surface area contributed by atoms with Crippen LogP contribution in [-0.2, 0) is 19.1 Å². The molecule has 1 unspecified atom stereocenters. The number of carboxylic acids is 1. The molecule has 2 amide bonds.